The number of carbonyl (C=O) groups excluding carboxylic acids is 1. The second-order valence-electron chi connectivity index (χ2n) is 4.91. The van der Waals surface area contributed by atoms with Crippen LogP contribution in [0, 0.1) is 0 Å². The maximum absolute atomic E-state index is 11.0. The van der Waals surface area contributed by atoms with E-state index < -0.39 is 5.97 Å². The third kappa shape index (κ3) is 2.32. The van der Waals surface area contributed by atoms with Crippen molar-refractivity contribution in [2.24, 2.45) is 0 Å². The number of rotatable bonds is 5. The first-order valence-electron chi connectivity index (χ1n) is 6.40. The zero-order valence-electron chi connectivity index (χ0n) is 10.7. The number of hydrogen-bond acceptors (Lipinski definition) is 4. The summed E-state index contributed by atoms with van der Waals surface area (Å²) in [7, 11) is 0. The molecule has 102 valence electrons. The highest BCUT2D eigenvalue weighted by Gasteiger charge is 2.31. The van der Waals surface area contributed by atoms with Crippen molar-refractivity contribution in [3.63, 3.8) is 0 Å². The maximum atomic E-state index is 11.0. The second-order valence-corrected chi connectivity index (χ2v) is 4.91. The molecule has 1 fully saturated rings. The van der Waals surface area contributed by atoms with Crippen LogP contribution in [0.4, 0.5) is 0 Å². The van der Waals surface area contributed by atoms with Crippen LogP contribution in [-0.4, -0.2) is 32.4 Å². The lowest BCUT2D eigenvalue weighted by Gasteiger charge is -2.06. The number of nitrogens with zero attached hydrogens (tertiary/aromatic N) is 3. The van der Waals surface area contributed by atoms with Gasteiger partial charge in [-0.2, -0.15) is 0 Å². The summed E-state index contributed by atoms with van der Waals surface area (Å²) in [5.74, 6) is -0.567. The van der Waals surface area contributed by atoms with E-state index in [0.29, 0.717) is 18.2 Å². The van der Waals surface area contributed by atoms with Gasteiger partial charge in [0.1, 0.15) is 5.69 Å². The zero-order valence-corrected chi connectivity index (χ0v) is 10.7. The first-order valence-corrected chi connectivity index (χ1v) is 6.40. The Bertz CT molecular complexity index is 657. The number of aromatic carboxylic acids is 1. The van der Waals surface area contributed by atoms with E-state index in [2.05, 4.69) is 10.3 Å². The van der Waals surface area contributed by atoms with Crippen LogP contribution in [0.15, 0.2) is 24.3 Å². The van der Waals surface area contributed by atoms with Crippen LogP contribution >= 0.6 is 0 Å². The Labute approximate surface area is 115 Å². The summed E-state index contributed by atoms with van der Waals surface area (Å²) in [5.41, 5.74) is 2.49. The molecule has 0 spiro atoms. The van der Waals surface area contributed by atoms with Crippen molar-refractivity contribution in [1.82, 2.24) is 15.0 Å². The van der Waals surface area contributed by atoms with Gasteiger partial charge in [0.25, 0.3) is 0 Å². The Hall–Kier alpha value is -2.50. The van der Waals surface area contributed by atoms with Crippen molar-refractivity contribution in [2.75, 3.05) is 0 Å². The first kappa shape index (κ1) is 12.5. The number of aldehydes is 1. The molecule has 0 saturated heterocycles. The molecule has 0 unspecified atom stereocenters. The lowest BCUT2D eigenvalue weighted by molar-refractivity contribution is 0.0696. The van der Waals surface area contributed by atoms with Crippen LogP contribution in [0.3, 0.4) is 0 Å². The van der Waals surface area contributed by atoms with Gasteiger partial charge >= 0.3 is 5.97 Å². The van der Waals surface area contributed by atoms with Gasteiger partial charge < -0.3 is 5.11 Å². The number of aromatic nitrogens is 3. The Kier molecular flexibility index (Phi) is 3.06. The number of carboxylic acid groups (broad SMARTS) is 1. The number of hydrogen-bond donors (Lipinski definition) is 1. The normalized spacial score (nSPS) is 14.2. The van der Waals surface area contributed by atoms with Gasteiger partial charge in [-0.1, -0.05) is 17.3 Å². The molecule has 6 heteroatoms. The molecule has 0 atom stereocenters. The molecule has 1 N–H and O–H groups in total. The molecule has 1 aromatic carbocycles. The average molecular weight is 271 g/mol. The molecular weight excluding hydrogens is 258 g/mol. The summed E-state index contributed by atoms with van der Waals surface area (Å²) >= 11 is 0. The predicted octanol–water partition coefficient (Wildman–Crippen LogP) is 1.71. The topological polar surface area (TPSA) is 85.1 Å². The fourth-order valence-corrected chi connectivity index (χ4v) is 2.24. The first-order chi connectivity index (χ1) is 9.69. The van der Waals surface area contributed by atoms with Crippen molar-refractivity contribution in [3.05, 3.63) is 46.8 Å². The van der Waals surface area contributed by atoms with Gasteiger partial charge in [0.15, 0.2) is 6.29 Å². The van der Waals surface area contributed by atoms with E-state index in [1.54, 1.807) is 28.9 Å². The highest BCUT2D eigenvalue weighted by Crippen LogP contribution is 2.40. The molecule has 1 heterocycles. The van der Waals surface area contributed by atoms with Crippen LogP contribution in [-0.2, 0) is 6.54 Å². The smallest absolute Gasteiger partial charge is 0.335 e. The maximum Gasteiger partial charge on any atom is 0.335 e. The molecule has 0 amide bonds. The molecule has 1 aromatic heterocycles. The van der Waals surface area contributed by atoms with Crippen molar-refractivity contribution >= 4 is 12.3 Å². The van der Waals surface area contributed by atoms with E-state index in [1.807, 2.05) is 0 Å². The minimum absolute atomic E-state index is 0.253. The van der Waals surface area contributed by atoms with E-state index in [4.69, 9.17) is 5.11 Å². The minimum Gasteiger partial charge on any atom is -0.478 e. The van der Waals surface area contributed by atoms with Crippen molar-refractivity contribution in [1.29, 1.82) is 0 Å². The van der Waals surface area contributed by atoms with E-state index >= 15 is 0 Å². The van der Waals surface area contributed by atoms with Crippen LogP contribution < -0.4 is 0 Å². The summed E-state index contributed by atoms with van der Waals surface area (Å²) in [6.45, 7) is 0.493. The summed E-state index contributed by atoms with van der Waals surface area (Å²) in [6, 6.07) is 6.63. The molecule has 0 bridgehead atoms. The Morgan fingerprint density at radius 3 is 2.60 bits per heavy atom. The fourth-order valence-electron chi connectivity index (χ4n) is 2.24. The molecule has 3 rings (SSSR count). The monoisotopic (exact) mass is 271 g/mol. The van der Waals surface area contributed by atoms with E-state index in [1.165, 1.54) is 0 Å². The highest BCUT2D eigenvalue weighted by atomic mass is 16.4. The predicted molar refractivity (Wildman–Crippen MR) is 69.9 cm³/mol. The van der Waals surface area contributed by atoms with Gasteiger partial charge in [-0.05, 0) is 30.5 Å². The van der Waals surface area contributed by atoms with Gasteiger partial charge in [0.05, 0.1) is 17.8 Å². The number of benzene rings is 1. The Morgan fingerprint density at radius 2 is 2.05 bits per heavy atom. The SMILES string of the molecule is O=Cc1nnn(Cc2ccc(C(=O)O)cc2)c1C1CC1. The average Bonchev–Trinajstić information content (AvgIpc) is 3.21. The summed E-state index contributed by atoms with van der Waals surface area (Å²) in [4.78, 5) is 21.8. The molecule has 2 aromatic rings. The third-order valence-electron chi connectivity index (χ3n) is 3.41. The lowest BCUT2D eigenvalue weighted by atomic mass is 10.1. The van der Waals surface area contributed by atoms with E-state index in [-0.39, 0.29) is 5.56 Å². The van der Waals surface area contributed by atoms with Crippen LogP contribution in [0.1, 0.15) is 50.9 Å². The molecule has 6 nitrogen and oxygen atoms in total. The molecule has 1 aliphatic carbocycles. The molecule has 0 radical (unpaired) electrons. The molecule has 20 heavy (non-hydrogen) atoms. The van der Waals surface area contributed by atoms with Crippen molar-refractivity contribution in [3.8, 4) is 0 Å². The van der Waals surface area contributed by atoms with E-state index in [9.17, 15) is 9.59 Å². The van der Waals surface area contributed by atoms with E-state index in [0.717, 1.165) is 30.4 Å². The fraction of sp³-hybridized carbons (Fsp3) is 0.286. The minimum atomic E-state index is -0.945. The van der Waals surface area contributed by atoms with Crippen LogP contribution in [0.5, 0.6) is 0 Å². The number of carboxylic acids is 1. The van der Waals surface area contributed by atoms with Crippen LogP contribution in [0.2, 0.25) is 0 Å². The lowest BCUT2D eigenvalue weighted by Crippen LogP contribution is -2.07. The molecule has 1 aliphatic rings. The Morgan fingerprint density at radius 1 is 1.35 bits per heavy atom. The van der Waals surface area contributed by atoms with Crippen molar-refractivity contribution < 1.29 is 14.7 Å². The second kappa shape index (κ2) is 4.88. The molecule has 1 saturated carbocycles. The van der Waals surface area contributed by atoms with Gasteiger partial charge in [0, 0.05) is 5.92 Å². The molecule has 0 aliphatic heterocycles. The zero-order chi connectivity index (χ0) is 14.1. The number of carbonyl (C=O) groups is 2. The standard InChI is InChI=1S/C14H13N3O3/c18-8-12-13(10-5-6-10)17(16-15-12)7-9-1-3-11(4-2-9)14(19)20/h1-4,8,10H,5-7H2,(H,19,20). The summed E-state index contributed by atoms with van der Waals surface area (Å²) < 4.78 is 1.73. The Balaban J connectivity index is 1.85. The van der Waals surface area contributed by atoms with Gasteiger partial charge in [0.2, 0.25) is 0 Å². The van der Waals surface area contributed by atoms with Crippen LogP contribution in [0.25, 0.3) is 0 Å². The molecular formula is C14H13N3O3. The third-order valence-corrected chi connectivity index (χ3v) is 3.41. The quantitative estimate of drug-likeness (QED) is 0.837. The van der Waals surface area contributed by atoms with Gasteiger partial charge in [-0.25, -0.2) is 9.48 Å². The van der Waals surface area contributed by atoms with Crippen molar-refractivity contribution in [2.45, 2.75) is 25.3 Å². The largest absolute Gasteiger partial charge is 0.478 e. The highest BCUT2D eigenvalue weighted by molar-refractivity contribution is 5.87. The van der Waals surface area contributed by atoms with Gasteiger partial charge in [-0.3, -0.25) is 4.79 Å². The summed E-state index contributed by atoms with van der Waals surface area (Å²) in [5, 5.41) is 16.8. The van der Waals surface area contributed by atoms with Gasteiger partial charge in [-0.15, -0.1) is 5.10 Å². The summed E-state index contributed by atoms with van der Waals surface area (Å²) in [6.07, 6.45) is 2.86.